The number of nitrogens with one attached hydrogen (secondary N) is 2. The van der Waals surface area contributed by atoms with Gasteiger partial charge in [0.2, 0.25) is 0 Å². The van der Waals surface area contributed by atoms with Crippen LogP contribution >= 0.6 is 0 Å². The van der Waals surface area contributed by atoms with Gasteiger partial charge in [-0.2, -0.15) is 0 Å². The zero-order chi connectivity index (χ0) is 15.5. The van der Waals surface area contributed by atoms with Gasteiger partial charge in [0, 0.05) is 24.0 Å². The van der Waals surface area contributed by atoms with Crippen molar-refractivity contribution in [1.82, 2.24) is 9.88 Å². The van der Waals surface area contributed by atoms with E-state index in [1.807, 2.05) is 24.3 Å². The molecule has 7 nitrogen and oxygen atoms in total. The number of hydrogen-bond acceptors (Lipinski definition) is 4. The smallest absolute Gasteiger partial charge is 0.356 e. The molecule has 0 radical (unpaired) electrons. The van der Waals surface area contributed by atoms with Crippen molar-refractivity contribution in [2.75, 3.05) is 38.7 Å². The van der Waals surface area contributed by atoms with E-state index in [0.717, 1.165) is 10.9 Å². The van der Waals surface area contributed by atoms with E-state index >= 15 is 0 Å². The first-order valence-corrected chi connectivity index (χ1v) is 7.03. The number of carbonyl (C=O) groups excluding carboxylic acids is 2. The van der Waals surface area contributed by atoms with Gasteiger partial charge in [0.25, 0.3) is 0 Å². The minimum absolute atomic E-state index is 0.241. The summed E-state index contributed by atoms with van der Waals surface area (Å²) in [6.45, 7) is 2.10. The summed E-state index contributed by atoms with van der Waals surface area (Å²) in [6, 6.07) is 7.13. The number of morpholine rings is 1. The Hall–Kier alpha value is -2.54. The fraction of sp³-hybridized carbons (Fsp3) is 0.333. The van der Waals surface area contributed by atoms with Crippen molar-refractivity contribution in [2.45, 2.75) is 0 Å². The van der Waals surface area contributed by atoms with Crippen LogP contribution < -0.4 is 5.32 Å². The molecule has 2 aromatic rings. The van der Waals surface area contributed by atoms with E-state index in [0.29, 0.717) is 32.0 Å². The molecule has 3 rings (SSSR count). The van der Waals surface area contributed by atoms with Crippen molar-refractivity contribution in [3.63, 3.8) is 0 Å². The van der Waals surface area contributed by atoms with Gasteiger partial charge in [-0.15, -0.1) is 0 Å². The van der Waals surface area contributed by atoms with E-state index in [1.54, 1.807) is 4.90 Å². The van der Waals surface area contributed by atoms with Gasteiger partial charge in [-0.25, -0.2) is 9.59 Å². The fourth-order valence-electron chi connectivity index (χ4n) is 2.48. The Bertz CT molecular complexity index is 704. The Morgan fingerprint density at radius 1 is 1.27 bits per heavy atom. The molecule has 2 heterocycles. The van der Waals surface area contributed by atoms with Crippen molar-refractivity contribution >= 4 is 28.6 Å². The zero-order valence-electron chi connectivity index (χ0n) is 12.2. The predicted octanol–water partition coefficient (Wildman–Crippen LogP) is 1.82. The first kappa shape index (κ1) is 14.4. The van der Waals surface area contributed by atoms with Crippen LogP contribution in [0.25, 0.3) is 10.9 Å². The molecule has 0 atom stereocenters. The normalized spacial score (nSPS) is 14.9. The minimum atomic E-state index is -0.520. The van der Waals surface area contributed by atoms with Crippen LogP contribution in [0.4, 0.5) is 10.5 Å². The lowest BCUT2D eigenvalue weighted by molar-refractivity contribution is 0.0563. The Balaban J connectivity index is 1.94. The number of aromatic nitrogens is 1. The summed E-state index contributed by atoms with van der Waals surface area (Å²) in [5.41, 5.74) is 1.45. The van der Waals surface area contributed by atoms with Gasteiger partial charge in [0.15, 0.2) is 0 Å². The highest BCUT2D eigenvalue weighted by Crippen LogP contribution is 2.28. The maximum atomic E-state index is 12.4. The van der Waals surface area contributed by atoms with Gasteiger partial charge in [-0.3, -0.25) is 0 Å². The van der Waals surface area contributed by atoms with Crippen LogP contribution in [-0.4, -0.2) is 55.3 Å². The SMILES string of the molecule is COC(=O)c1[nH]c2ccccc2c1NC(=O)N1CCOCC1. The summed E-state index contributed by atoms with van der Waals surface area (Å²) >= 11 is 0. The lowest BCUT2D eigenvalue weighted by atomic mass is 10.2. The standard InChI is InChI=1S/C15H17N3O4/c1-21-14(19)13-12(10-4-2-3-5-11(10)16-13)17-15(20)18-6-8-22-9-7-18/h2-5,16H,6-9H2,1H3,(H,17,20). The molecule has 1 aromatic heterocycles. The quantitative estimate of drug-likeness (QED) is 0.829. The van der Waals surface area contributed by atoms with Crippen LogP contribution in [0.15, 0.2) is 24.3 Å². The number of ether oxygens (including phenoxy) is 2. The molecule has 1 aliphatic heterocycles. The Labute approximate surface area is 127 Å². The van der Waals surface area contributed by atoms with E-state index in [4.69, 9.17) is 9.47 Å². The van der Waals surface area contributed by atoms with Gasteiger partial charge in [-0.1, -0.05) is 18.2 Å². The third kappa shape index (κ3) is 2.62. The van der Waals surface area contributed by atoms with Crippen molar-refractivity contribution < 1.29 is 19.1 Å². The molecule has 1 saturated heterocycles. The van der Waals surface area contributed by atoms with Crippen LogP contribution in [0.3, 0.4) is 0 Å². The molecule has 116 valence electrons. The molecule has 0 saturated carbocycles. The third-order valence-corrected chi connectivity index (χ3v) is 3.63. The van der Waals surface area contributed by atoms with E-state index in [-0.39, 0.29) is 11.7 Å². The van der Waals surface area contributed by atoms with Gasteiger partial charge in [0.1, 0.15) is 5.69 Å². The number of amides is 2. The first-order valence-electron chi connectivity index (χ1n) is 7.03. The van der Waals surface area contributed by atoms with E-state index < -0.39 is 5.97 Å². The second-order valence-corrected chi connectivity index (χ2v) is 4.94. The van der Waals surface area contributed by atoms with Crippen LogP contribution in [0, 0.1) is 0 Å². The highest BCUT2D eigenvalue weighted by Gasteiger charge is 2.23. The second kappa shape index (κ2) is 6.07. The number of para-hydroxylation sites is 1. The fourth-order valence-corrected chi connectivity index (χ4v) is 2.48. The topological polar surface area (TPSA) is 83.7 Å². The number of carbonyl (C=O) groups is 2. The van der Waals surface area contributed by atoms with E-state index in [9.17, 15) is 9.59 Å². The molecule has 7 heteroatoms. The maximum Gasteiger partial charge on any atom is 0.356 e. The molecule has 1 fully saturated rings. The van der Waals surface area contributed by atoms with E-state index in [1.165, 1.54) is 7.11 Å². The molecular formula is C15H17N3O4. The third-order valence-electron chi connectivity index (χ3n) is 3.63. The van der Waals surface area contributed by atoms with Crippen LogP contribution in [0.5, 0.6) is 0 Å². The highest BCUT2D eigenvalue weighted by atomic mass is 16.5. The number of aromatic amines is 1. The van der Waals surface area contributed by atoms with Crippen molar-refractivity contribution in [2.24, 2.45) is 0 Å². The number of urea groups is 1. The first-order chi connectivity index (χ1) is 10.7. The molecule has 22 heavy (non-hydrogen) atoms. The number of fused-ring (bicyclic) bond motifs is 1. The number of benzene rings is 1. The van der Waals surface area contributed by atoms with Gasteiger partial charge < -0.3 is 24.7 Å². The second-order valence-electron chi connectivity index (χ2n) is 4.94. The number of rotatable bonds is 2. The van der Waals surface area contributed by atoms with Crippen molar-refractivity contribution in [3.05, 3.63) is 30.0 Å². The Morgan fingerprint density at radius 2 is 2.00 bits per heavy atom. The van der Waals surface area contributed by atoms with E-state index in [2.05, 4.69) is 10.3 Å². The van der Waals surface area contributed by atoms with Crippen LogP contribution in [0.2, 0.25) is 0 Å². The predicted molar refractivity (Wildman–Crippen MR) is 81.0 cm³/mol. The van der Waals surface area contributed by atoms with Gasteiger partial charge in [0.05, 0.1) is 26.0 Å². The van der Waals surface area contributed by atoms with Crippen LogP contribution in [0.1, 0.15) is 10.5 Å². The molecule has 0 aliphatic carbocycles. The van der Waals surface area contributed by atoms with Crippen LogP contribution in [-0.2, 0) is 9.47 Å². The summed E-state index contributed by atoms with van der Waals surface area (Å²) in [7, 11) is 1.31. The molecule has 0 unspecified atom stereocenters. The van der Waals surface area contributed by atoms with Gasteiger partial charge >= 0.3 is 12.0 Å². The highest BCUT2D eigenvalue weighted by molar-refractivity contribution is 6.10. The lowest BCUT2D eigenvalue weighted by Gasteiger charge is -2.26. The molecule has 2 amide bonds. The number of hydrogen-bond donors (Lipinski definition) is 2. The summed E-state index contributed by atoms with van der Waals surface area (Å²) in [4.78, 5) is 28.9. The summed E-state index contributed by atoms with van der Waals surface area (Å²) < 4.78 is 10.0. The average molecular weight is 303 g/mol. The molecule has 1 aliphatic rings. The van der Waals surface area contributed by atoms with Gasteiger partial charge in [-0.05, 0) is 6.07 Å². The lowest BCUT2D eigenvalue weighted by Crippen LogP contribution is -2.43. The largest absolute Gasteiger partial charge is 0.464 e. The Morgan fingerprint density at radius 3 is 2.73 bits per heavy atom. The molecule has 1 aromatic carbocycles. The van der Waals surface area contributed by atoms with Crippen molar-refractivity contribution in [3.8, 4) is 0 Å². The summed E-state index contributed by atoms with van der Waals surface area (Å²) in [5, 5.41) is 3.59. The van der Waals surface area contributed by atoms with Crippen molar-refractivity contribution in [1.29, 1.82) is 0 Å². The number of methoxy groups -OCH3 is 1. The number of nitrogens with zero attached hydrogens (tertiary/aromatic N) is 1. The molecule has 0 bridgehead atoms. The zero-order valence-corrected chi connectivity index (χ0v) is 12.2. The average Bonchev–Trinajstić information content (AvgIpc) is 2.93. The summed E-state index contributed by atoms with van der Waals surface area (Å²) in [6.07, 6.45) is 0. The monoisotopic (exact) mass is 303 g/mol. The maximum absolute atomic E-state index is 12.4. The molecular weight excluding hydrogens is 286 g/mol. The number of anilines is 1. The molecule has 0 spiro atoms. The number of H-pyrrole nitrogens is 1. The minimum Gasteiger partial charge on any atom is -0.464 e. The summed E-state index contributed by atoms with van der Waals surface area (Å²) in [5.74, 6) is -0.520. The Kier molecular flexibility index (Phi) is 3.97. The molecule has 2 N–H and O–H groups in total. The number of esters is 1.